The number of fused-ring (bicyclic) bond motifs is 1. The highest BCUT2D eigenvalue weighted by molar-refractivity contribution is 7.91. The summed E-state index contributed by atoms with van der Waals surface area (Å²) in [6, 6.07) is 5.24. The van der Waals surface area contributed by atoms with Crippen LogP contribution in [0.2, 0.25) is 5.15 Å². The summed E-state index contributed by atoms with van der Waals surface area (Å²) in [5, 5.41) is 4.85. The summed E-state index contributed by atoms with van der Waals surface area (Å²) >= 11 is 6.54. The predicted octanol–water partition coefficient (Wildman–Crippen LogP) is 3.43. The first kappa shape index (κ1) is 19.2. The normalized spacial score (nSPS) is 22.5. The molecule has 1 aliphatic carbocycles. The monoisotopic (exact) mass is 420 g/mol. The first-order valence-corrected chi connectivity index (χ1v) is 11.4. The molecule has 8 heteroatoms. The smallest absolute Gasteiger partial charge is 0.189 e. The third-order valence-corrected chi connectivity index (χ3v) is 7.58. The Hall–Kier alpha value is -2.12. The summed E-state index contributed by atoms with van der Waals surface area (Å²) < 4.78 is 30.4. The number of aryl methyl sites for hydroxylation is 2. The van der Waals surface area contributed by atoms with E-state index in [0.29, 0.717) is 40.4 Å². The lowest BCUT2D eigenvalue weighted by Gasteiger charge is -2.18. The zero-order valence-corrected chi connectivity index (χ0v) is 17.3. The third kappa shape index (κ3) is 3.37. The Labute approximate surface area is 169 Å². The van der Waals surface area contributed by atoms with Crippen molar-refractivity contribution in [3.8, 4) is 5.75 Å². The maximum Gasteiger partial charge on any atom is 0.189 e. The Morgan fingerprint density at radius 1 is 1.32 bits per heavy atom. The Bertz CT molecular complexity index is 1100. The molecule has 1 aliphatic heterocycles. The quantitative estimate of drug-likeness (QED) is 0.711. The fraction of sp³-hybridized carbons (Fsp3) is 0.400. The molecule has 0 unspecified atom stereocenters. The first-order valence-electron chi connectivity index (χ1n) is 9.16. The molecule has 1 saturated heterocycles. The van der Waals surface area contributed by atoms with Gasteiger partial charge in [-0.25, -0.2) is 13.1 Å². The predicted molar refractivity (Wildman–Crippen MR) is 108 cm³/mol. The van der Waals surface area contributed by atoms with Crippen LogP contribution >= 0.6 is 11.6 Å². The van der Waals surface area contributed by atoms with Gasteiger partial charge in [0.05, 0.1) is 30.4 Å². The van der Waals surface area contributed by atoms with Gasteiger partial charge in [-0.3, -0.25) is 4.79 Å². The maximum atomic E-state index is 12.9. The van der Waals surface area contributed by atoms with Crippen molar-refractivity contribution in [2.45, 2.75) is 32.2 Å². The van der Waals surface area contributed by atoms with E-state index < -0.39 is 9.84 Å². The Balaban J connectivity index is 1.67. The second-order valence-electron chi connectivity index (χ2n) is 7.31. The lowest BCUT2D eigenvalue weighted by Crippen LogP contribution is -2.14. The van der Waals surface area contributed by atoms with Crippen LogP contribution in [0.25, 0.3) is 6.08 Å². The molecule has 6 nitrogen and oxygen atoms in total. The van der Waals surface area contributed by atoms with Gasteiger partial charge in [-0.05, 0) is 56.0 Å². The number of methoxy groups -OCH3 is 1. The number of hydrogen-bond donors (Lipinski definition) is 0. The Morgan fingerprint density at radius 3 is 2.79 bits per heavy atom. The Morgan fingerprint density at radius 2 is 2.11 bits per heavy atom. The molecule has 1 aromatic carbocycles. The highest BCUT2D eigenvalue weighted by Crippen LogP contribution is 2.34. The maximum absolute atomic E-state index is 12.9. The molecule has 1 aromatic heterocycles. The van der Waals surface area contributed by atoms with Crippen LogP contribution in [0.5, 0.6) is 5.75 Å². The van der Waals surface area contributed by atoms with Crippen LogP contribution in [0.3, 0.4) is 0 Å². The molecule has 2 aromatic rings. The summed E-state index contributed by atoms with van der Waals surface area (Å²) in [5.74, 6) is 0.932. The van der Waals surface area contributed by atoms with Crippen LogP contribution in [0, 0.1) is 6.92 Å². The molecular weight excluding hydrogens is 400 g/mol. The van der Waals surface area contributed by atoms with E-state index in [1.165, 1.54) is 0 Å². The van der Waals surface area contributed by atoms with E-state index >= 15 is 0 Å². The molecule has 0 N–H and O–H groups in total. The van der Waals surface area contributed by atoms with E-state index in [4.69, 9.17) is 16.3 Å². The highest BCUT2D eigenvalue weighted by Gasteiger charge is 2.32. The van der Waals surface area contributed by atoms with Crippen LogP contribution in [0.15, 0.2) is 23.8 Å². The fourth-order valence-corrected chi connectivity index (χ4v) is 5.96. The number of carbonyl (C=O) groups excluding carboxylic acids is 1. The van der Waals surface area contributed by atoms with Gasteiger partial charge in [0.15, 0.2) is 15.6 Å². The molecular formula is C20H21ClN2O4S. The van der Waals surface area contributed by atoms with Gasteiger partial charge in [0.2, 0.25) is 0 Å². The Kier molecular flexibility index (Phi) is 4.83. The number of sulfone groups is 1. The number of nitrogens with zero attached hydrogens (tertiary/aromatic N) is 2. The molecule has 148 valence electrons. The van der Waals surface area contributed by atoms with Crippen molar-refractivity contribution in [3.05, 3.63) is 51.3 Å². The van der Waals surface area contributed by atoms with Crippen molar-refractivity contribution >= 4 is 33.3 Å². The van der Waals surface area contributed by atoms with Gasteiger partial charge in [0, 0.05) is 16.7 Å². The molecule has 4 rings (SSSR count). The van der Waals surface area contributed by atoms with E-state index in [2.05, 4.69) is 5.10 Å². The second-order valence-corrected chi connectivity index (χ2v) is 9.90. The number of rotatable bonds is 3. The van der Waals surface area contributed by atoms with Gasteiger partial charge in [-0.1, -0.05) is 11.6 Å². The number of halogens is 1. The average molecular weight is 421 g/mol. The summed E-state index contributed by atoms with van der Waals surface area (Å²) in [6.07, 6.45) is 3.67. The molecule has 2 aliphatic rings. The number of ether oxygens (including phenoxy) is 1. The van der Waals surface area contributed by atoms with E-state index in [9.17, 15) is 13.2 Å². The SMILES string of the molecule is COc1ccc2c(c1)CC/C(=C\c1c(C)nn([C@H]3CCS(=O)(=O)C3)c1Cl)C2=O. The number of hydrogen-bond acceptors (Lipinski definition) is 5. The first-order chi connectivity index (χ1) is 13.3. The van der Waals surface area contributed by atoms with Crippen LogP contribution in [0.1, 0.15) is 46.1 Å². The molecule has 0 spiro atoms. The lowest BCUT2D eigenvalue weighted by molar-refractivity contribution is 0.102. The fourth-order valence-electron chi connectivity index (χ4n) is 3.90. The molecule has 2 heterocycles. The lowest BCUT2D eigenvalue weighted by atomic mass is 9.86. The number of benzene rings is 1. The van der Waals surface area contributed by atoms with Gasteiger partial charge in [-0.15, -0.1) is 0 Å². The zero-order chi connectivity index (χ0) is 20.1. The topological polar surface area (TPSA) is 78.3 Å². The van der Waals surface area contributed by atoms with Crippen molar-refractivity contribution in [1.29, 1.82) is 0 Å². The van der Waals surface area contributed by atoms with Crippen LogP contribution < -0.4 is 4.74 Å². The summed E-state index contributed by atoms with van der Waals surface area (Å²) in [4.78, 5) is 12.9. The average Bonchev–Trinajstić information content (AvgIpc) is 3.16. The van der Waals surface area contributed by atoms with Crippen molar-refractivity contribution < 1.29 is 17.9 Å². The van der Waals surface area contributed by atoms with Crippen molar-refractivity contribution in [2.75, 3.05) is 18.6 Å². The van der Waals surface area contributed by atoms with Crippen LogP contribution in [-0.4, -0.2) is 42.6 Å². The van der Waals surface area contributed by atoms with Gasteiger partial charge in [0.1, 0.15) is 10.9 Å². The molecule has 0 radical (unpaired) electrons. The zero-order valence-electron chi connectivity index (χ0n) is 15.7. The molecule has 1 atom stereocenters. The third-order valence-electron chi connectivity index (χ3n) is 5.46. The van der Waals surface area contributed by atoms with Gasteiger partial charge >= 0.3 is 0 Å². The summed E-state index contributed by atoms with van der Waals surface area (Å²) in [5.41, 5.74) is 3.72. The molecule has 0 saturated carbocycles. The van der Waals surface area contributed by atoms with Gasteiger partial charge in [0.25, 0.3) is 0 Å². The number of allylic oxidation sites excluding steroid dienone is 1. The van der Waals surface area contributed by atoms with Crippen LogP contribution in [0.4, 0.5) is 0 Å². The van der Waals surface area contributed by atoms with E-state index in [1.54, 1.807) is 30.0 Å². The number of carbonyl (C=O) groups is 1. The minimum Gasteiger partial charge on any atom is -0.497 e. The van der Waals surface area contributed by atoms with E-state index in [0.717, 1.165) is 17.7 Å². The van der Waals surface area contributed by atoms with Gasteiger partial charge < -0.3 is 4.74 Å². The molecule has 28 heavy (non-hydrogen) atoms. The van der Waals surface area contributed by atoms with Crippen molar-refractivity contribution in [3.63, 3.8) is 0 Å². The highest BCUT2D eigenvalue weighted by atomic mass is 35.5. The number of aromatic nitrogens is 2. The number of Topliss-reactive ketones (excluding diaryl/α,β-unsaturated/α-hetero) is 1. The largest absolute Gasteiger partial charge is 0.497 e. The standard InChI is InChI=1S/C20H21ClN2O4S/c1-12-18(20(21)23(22-12)15-7-8-28(25,26)11-15)10-14-4-3-13-9-16(27-2)5-6-17(13)19(14)24/h5-6,9-10,15H,3-4,7-8,11H2,1-2H3/b14-10+/t15-/m0/s1. The molecule has 1 fully saturated rings. The van der Waals surface area contributed by atoms with E-state index in [-0.39, 0.29) is 23.3 Å². The van der Waals surface area contributed by atoms with Crippen molar-refractivity contribution in [1.82, 2.24) is 9.78 Å². The van der Waals surface area contributed by atoms with Crippen LogP contribution in [-0.2, 0) is 16.3 Å². The second kappa shape index (κ2) is 7.04. The summed E-state index contributed by atoms with van der Waals surface area (Å²) in [7, 11) is -1.43. The minimum absolute atomic E-state index is 0.0180. The van der Waals surface area contributed by atoms with Crippen molar-refractivity contribution in [2.24, 2.45) is 0 Å². The number of ketones is 1. The van der Waals surface area contributed by atoms with E-state index in [1.807, 2.05) is 13.0 Å². The minimum atomic E-state index is -3.04. The van der Waals surface area contributed by atoms with Gasteiger partial charge in [-0.2, -0.15) is 5.10 Å². The molecule has 0 amide bonds. The summed E-state index contributed by atoms with van der Waals surface area (Å²) in [6.45, 7) is 1.82. The molecule has 0 bridgehead atoms.